The predicted octanol–water partition coefficient (Wildman–Crippen LogP) is 0.139. The summed E-state index contributed by atoms with van der Waals surface area (Å²) < 4.78 is 35.0. The number of aliphatic hydroxyl groups is 11. The Kier molecular flexibility index (Phi) is 13.7. The van der Waals surface area contributed by atoms with Gasteiger partial charge in [-0.15, -0.1) is 0 Å². The molecular weight excluding hydrogens is 865 g/mol. The van der Waals surface area contributed by atoms with Gasteiger partial charge in [0, 0.05) is 5.41 Å². The van der Waals surface area contributed by atoms with E-state index in [0.29, 0.717) is 18.8 Å². The molecule has 0 aromatic rings. The molecule has 378 valence electrons. The lowest BCUT2D eigenvalue weighted by molar-refractivity contribution is -0.397. The largest absolute Gasteiger partial charge is 0.460 e. The van der Waals surface area contributed by atoms with Crippen molar-refractivity contribution in [1.82, 2.24) is 0 Å². The average Bonchev–Trinajstić information content (AvgIpc) is 3.26. The van der Waals surface area contributed by atoms with Crippen LogP contribution in [0.5, 0.6) is 0 Å². The Bertz CT molecular complexity index is 1810. The van der Waals surface area contributed by atoms with Crippen molar-refractivity contribution in [3.8, 4) is 0 Å². The number of fused-ring (bicyclic) bond motifs is 7. The van der Waals surface area contributed by atoms with Crippen molar-refractivity contribution in [2.24, 2.45) is 50.2 Å². The van der Waals surface area contributed by atoms with Gasteiger partial charge in [-0.05, 0) is 110 Å². The topological polar surface area (TPSA) is 295 Å². The molecule has 4 saturated carbocycles. The van der Waals surface area contributed by atoms with Crippen LogP contribution in [0.25, 0.3) is 0 Å². The summed E-state index contributed by atoms with van der Waals surface area (Å²) in [6.07, 6.45) is -18.0. The number of hydrogen-bond acceptors (Lipinski definition) is 18. The van der Waals surface area contributed by atoms with Gasteiger partial charge in [-0.1, -0.05) is 60.1 Å². The zero-order chi connectivity index (χ0) is 48.4. The van der Waals surface area contributed by atoms with Crippen LogP contribution in [-0.2, 0) is 33.2 Å². The second kappa shape index (κ2) is 17.7. The van der Waals surface area contributed by atoms with Crippen LogP contribution >= 0.6 is 0 Å². The summed E-state index contributed by atoms with van der Waals surface area (Å²) in [5.74, 6) is -0.521. The van der Waals surface area contributed by atoms with E-state index in [1.54, 1.807) is 5.57 Å². The maximum atomic E-state index is 14.4. The molecule has 3 heterocycles. The van der Waals surface area contributed by atoms with Crippen LogP contribution in [0, 0.1) is 50.2 Å². The summed E-state index contributed by atoms with van der Waals surface area (Å²) in [6, 6.07) is 0. The highest BCUT2D eigenvalue weighted by atomic mass is 16.8. The lowest BCUT2D eigenvalue weighted by Crippen LogP contribution is -2.67. The van der Waals surface area contributed by atoms with Gasteiger partial charge in [-0.2, -0.15) is 0 Å². The molecule has 25 atom stereocenters. The van der Waals surface area contributed by atoms with E-state index in [-0.39, 0.29) is 51.6 Å². The van der Waals surface area contributed by atoms with Crippen LogP contribution < -0.4 is 0 Å². The number of hydrogen-bond donors (Lipinski definition) is 11. The molecule has 8 aliphatic rings. The van der Waals surface area contributed by atoms with Gasteiger partial charge in [0.1, 0.15) is 67.1 Å². The van der Waals surface area contributed by atoms with E-state index in [0.717, 1.165) is 44.9 Å². The second-order valence-corrected chi connectivity index (χ2v) is 23.6. The molecule has 11 N–H and O–H groups in total. The Morgan fingerprint density at radius 2 is 1.33 bits per heavy atom. The van der Waals surface area contributed by atoms with E-state index < -0.39 is 116 Å². The van der Waals surface area contributed by atoms with Gasteiger partial charge in [-0.25, -0.2) is 4.79 Å². The van der Waals surface area contributed by atoms with Crippen LogP contribution in [0.1, 0.15) is 113 Å². The van der Waals surface area contributed by atoms with Gasteiger partial charge in [-0.3, -0.25) is 0 Å². The SMILES string of the molecule is C[C@@H]1O[C@@H](O[C@H]2[C@@H](O[C@H]3O[C@H](CO)[C@@H](O)[C@H](O)[C@H]3O)O[C@H](C(=O)OC3CC[C@@]4(C)C(CC[C@]5(C)C4CC=C4[C@H]6CC(C)(C)[C@@H](O)C[C@]6(C)CC[C@]45C)C3(C)CO)[C@H](O)[C@@H]2O)[C@H](O)[C@H](O)[C@H]1O. The maximum Gasteiger partial charge on any atom is 0.338 e. The Labute approximate surface area is 387 Å². The molecule has 0 aromatic heterocycles. The third-order valence-corrected chi connectivity index (χ3v) is 19.6. The fourth-order valence-corrected chi connectivity index (χ4v) is 14.9. The maximum absolute atomic E-state index is 14.4. The van der Waals surface area contributed by atoms with E-state index in [9.17, 15) is 61.0 Å². The Morgan fingerprint density at radius 3 is 1.98 bits per heavy atom. The summed E-state index contributed by atoms with van der Waals surface area (Å²) in [4.78, 5) is 14.4. The molecule has 5 aliphatic carbocycles. The number of ether oxygens (including phenoxy) is 6. The molecule has 0 bridgehead atoms. The number of carbonyl (C=O) groups excluding carboxylic acids is 1. The van der Waals surface area contributed by atoms with E-state index in [4.69, 9.17) is 28.4 Å². The molecule has 18 nitrogen and oxygen atoms in total. The summed E-state index contributed by atoms with van der Waals surface area (Å²) in [7, 11) is 0. The highest BCUT2D eigenvalue weighted by molar-refractivity contribution is 5.76. The van der Waals surface area contributed by atoms with Gasteiger partial charge in [0.15, 0.2) is 25.0 Å². The second-order valence-electron chi connectivity index (χ2n) is 23.6. The lowest BCUT2D eigenvalue weighted by Gasteiger charge is -2.71. The lowest BCUT2D eigenvalue weighted by atomic mass is 9.33. The van der Waals surface area contributed by atoms with Crippen LogP contribution in [0.4, 0.5) is 0 Å². The molecule has 4 unspecified atom stereocenters. The third kappa shape index (κ3) is 7.78. The van der Waals surface area contributed by atoms with Crippen molar-refractivity contribution >= 4 is 5.97 Å². The van der Waals surface area contributed by atoms with Crippen LogP contribution in [0.2, 0.25) is 0 Å². The minimum atomic E-state index is -2.07. The number of allylic oxidation sites excluding steroid dienone is 2. The number of esters is 1. The van der Waals surface area contributed by atoms with Gasteiger partial charge in [0.05, 0.1) is 25.4 Å². The van der Waals surface area contributed by atoms with Crippen LogP contribution in [-0.4, -0.2) is 180 Å². The zero-order valence-corrected chi connectivity index (χ0v) is 39.7. The van der Waals surface area contributed by atoms with E-state index >= 15 is 0 Å². The molecule has 0 aromatic carbocycles. The third-order valence-electron chi connectivity index (χ3n) is 19.6. The van der Waals surface area contributed by atoms with Crippen molar-refractivity contribution in [1.29, 1.82) is 0 Å². The monoisotopic (exact) mass is 943 g/mol. The van der Waals surface area contributed by atoms with Crippen molar-refractivity contribution in [2.45, 2.75) is 218 Å². The van der Waals surface area contributed by atoms with Crippen LogP contribution in [0.15, 0.2) is 11.6 Å². The number of rotatable bonds is 8. The van der Waals surface area contributed by atoms with E-state index in [1.165, 1.54) is 6.92 Å². The predicted molar refractivity (Wildman–Crippen MR) is 230 cm³/mol. The van der Waals surface area contributed by atoms with E-state index in [2.05, 4.69) is 47.6 Å². The first kappa shape index (κ1) is 50.9. The smallest absolute Gasteiger partial charge is 0.338 e. The normalized spacial score (nSPS) is 55.9. The Hall–Kier alpha value is -1.43. The highest BCUT2D eigenvalue weighted by Crippen LogP contribution is 2.76. The molecule has 3 saturated heterocycles. The first-order valence-electron chi connectivity index (χ1n) is 24.3. The zero-order valence-electron chi connectivity index (χ0n) is 39.7. The summed E-state index contributed by atoms with van der Waals surface area (Å²) >= 11 is 0. The molecule has 7 fully saturated rings. The molecular formula is C48H78O18. The molecule has 0 spiro atoms. The highest BCUT2D eigenvalue weighted by Gasteiger charge is 2.69. The fourth-order valence-electron chi connectivity index (χ4n) is 14.9. The van der Waals surface area contributed by atoms with Crippen molar-refractivity contribution in [2.75, 3.05) is 13.2 Å². The van der Waals surface area contributed by atoms with Crippen molar-refractivity contribution in [3.05, 3.63) is 11.6 Å². The number of aliphatic hydroxyl groups excluding tert-OH is 11. The molecule has 0 radical (unpaired) electrons. The van der Waals surface area contributed by atoms with Gasteiger partial charge >= 0.3 is 5.97 Å². The van der Waals surface area contributed by atoms with Crippen molar-refractivity contribution in [3.63, 3.8) is 0 Å². The van der Waals surface area contributed by atoms with Gasteiger partial charge in [0.25, 0.3) is 0 Å². The minimum absolute atomic E-state index is 0.0344. The van der Waals surface area contributed by atoms with Crippen LogP contribution in [0.3, 0.4) is 0 Å². The van der Waals surface area contributed by atoms with Gasteiger partial charge in [0.2, 0.25) is 0 Å². The quantitative estimate of drug-likeness (QED) is 0.114. The Morgan fingerprint density at radius 1 is 0.682 bits per heavy atom. The first-order chi connectivity index (χ1) is 30.7. The molecule has 3 aliphatic heterocycles. The fraction of sp³-hybridized carbons (Fsp3) is 0.938. The molecule has 0 amide bonds. The average molecular weight is 943 g/mol. The van der Waals surface area contributed by atoms with E-state index in [1.807, 2.05) is 6.92 Å². The van der Waals surface area contributed by atoms with Gasteiger partial charge < -0.3 is 84.6 Å². The summed E-state index contributed by atoms with van der Waals surface area (Å²) in [5.41, 5.74) is 0.103. The first-order valence-corrected chi connectivity index (χ1v) is 24.3. The summed E-state index contributed by atoms with van der Waals surface area (Å²) in [5, 5.41) is 119. The molecule has 8 rings (SSSR count). The Balaban J connectivity index is 1.03. The molecule has 18 heteroatoms. The minimum Gasteiger partial charge on any atom is -0.460 e. The molecule has 66 heavy (non-hydrogen) atoms. The summed E-state index contributed by atoms with van der Waals surface area (Å²) in [6.45, 7) is 16.2. The standard InChI is InChI=1S/C48H78O18/c1-21-29(52)31(54)35(58)40(61-21)65-38-34(57)33(56)37(64-42(38)66-41-36(59)32(55)30(53)24(19-49)62-41)39(60)63-28-12-13-45(5)25(46(28,6)20-50)11-14-48(8)26(45)10-9-22-23-17-43(2,3)27(51)18-44(23,4)15-16-47(22,48)7/h9,21,23-38,40-42,49-59H,10-20H2,1-8H3/t21-,23+,24+,25?,26?,27-,28?,29-,30+,31+,32-,33+,34-,35+,36+,37-,38+,40-,41+,42+,44-,45-,46?,47+,48+/m0/s1. The van der Waals surface area contributed by atoms with Crippen molar-refractivity contribution < 1.29 is 89.4 Å². The number of carbonyl (C=O) groups is 1.